The van der Waals surface area contributed by atoms with Crippen LogP contribution >= 0.6 is 0 Å². The lowest BCUT2D eigenvalue weighted by atomic mass is 9.99. The number of benzene rings is 1. The minimum atomic E-state index is -0.443. The van der Waals surface area contributed by atoms with Crippen molar-refractivity contribution in [2.24, 2.45) is 0 Å². The molecular formula is C15H20N2O3. The van der Waals surface area contributed by atoms with Crippen LogP contribution in [0.1, 0.15) is 35.2 Å². The predicted molar refractivity (Wildman–Crippen MR) is 75.6 cm³/mol. The summed E-state index contributed by atoms with van der Waals surface area (Å²) in [6, 6.07) is 4.48. The highest BCUT2D eigenvalue weighted by Gasteiger charge is 2.32. The summed E-state index contributed by atoms with van der Waals surface area (Å²) in [7, 11) is 1.57. The third kappa shape index (κ3) is 2.76. The summed E-state index contributed by atoms with van der Waals surface area (Å²) in [5.41, 5.74) is 1.17. The number of carbonyl (C=O) groups excluding carboxylic acids is 2. The summed E-state index contributed by atoms with van der Waals surface area (Å²) in [5, 5.41) is 12.5. The van der Waals surface area contributed by atoms with Gasteiger partial charge in [-0.25, -0.2) is 0 Å². The first-order valence-electron chi connectivity index (χ1n) is 6.86. The van der Waals surface area contributed by atoms with E-state index in [-0.39, 0.29) is 23.1 Å². The van der Waals surface area contributed by atoms with Gasteiger partial charge in [0.15, 0.2) is 0 Å². The van der Waals surface area contributed by atoms with E-state index in [0.29, 0.717) is 13.0 Å². The molecule has 1 aromatic carbocycles. The minimum absolute atomic E-state index is 0.0400. The topological polar surface area (TPSA) is 69.6 Å². The maximum Gasteiger partial charge on any atom is 0.258 e. The van der Waals surface area contributed by atoms with E-state index in [1.54, 1.807) is 24.1 Å². The Labute approximate surface area is 118 Å². The summed E-state index contributed by atoms with van der Waals surface area (Å²) >= 11 is 0. The number of aromatic hydroxyl groups is 1. The summed E-state index contributed by atoms with van der Waals surface area (Å²) in [5.74, 6) is -0.466. The molecule has 1 unspecified atom stereocenters. The molecule has 1 heterocycles. The zero-order valence-corrected chi connectivity index (χ0v) is 11.8. The molecule has 0 saturated carbocycles. The van der Waals surface area contributed by atoms with E-state index in [9.17, 15) is 14.7 Å². The van der Waals surface area contributed by atoms with Gasteiger partial charge in [0, 0.05) is 13.6 Å². The van der Waals surface area contributed by atoms with Crippen LogP contribution in [0.4, 0.5) is 0 Å². The van der Waals surface area contributed by atoms with Gasteiger partial charge in [-0.05, 0) is 38.3 Å². The third-order valence-corrected chi connectivity index (χ3v) is 3.70. The molecule has 2 rings (SSSR count). The van der Waals surface area contributed by atoms with Gasteiger partial charge in [0.25, 0.3) is 5.91 Å². The molecular weight excluding hydrogens is 256 g/mol. The Morgan fingerprint density at radius 1 is 1.35 bits per heavy atom. The highest BCUT2D eigenvalue weighted by Crippen LogP contribution is 2.25. The fourth-order valence-corrected chi connectivity index (χ4v) is 2.59. The fourth-order valence-electron chi connectivity index (χ4n) is 2.59. The van der Waals surface area contributed by atoms with Crippen LogP contribution in [-0.4, -0.2) is 41.5 Å². The lowest BCUT2D eigenvalue weighted by Gasteiger charge is -2.34. The molecule has 1 fully saturated rings. The third-order valence-electron chi connectivity index (χ3n) is 3.70. The van der Waals surface area contributed by atoms with Crippen LogP contribution in [0.2, 0.25) is 0 Å². The Hall–Kier alpha value is -2.04. The van der Waals surface area contributed by atoms with Crippen molar-refractivity contribution in [2.75, 3.05) is 13.6 Å². The van der Waals surface area contributed by atoms with Crippen LogP contribution in [0.15, 0.2) is 18.2 Å². The molecule has 20 heavy (non-hydrogen) atoms. The van der Waals surface area contributed by atoms with Crippen molar-refractivity contribution in [1.29, 1.82) is 0 Å². The van der Waals surface area contributed by atoms with E-state index in [4.69, 9.17) is 0 Å². The van der Waals surface area contributed by atoms with Gasteiger partial charge in [0.05, 0.1) is 5.56 Å². The molecule has 2 N–H and O–H groups in total. The second kappa shape index (κ2) is 5.94. The summed E-state index contributed by atoms with van der Waals surface area (Å²) in [4.78, 5) is 26.1. The maximum absolute atomic E-state index is 12.6. The molecule has 1 saturated heterocycles. The average molecular weight is 276 g/mol. The quantitative estimate of drug-likeness (QED) is 0.858. The molecule has 1 aliphatic rings. The van der Waals surface area contributed by atoms with Crippen LogP contribution in [0.5, 0.6) is 5.75 Å². The SMILES string of the molecule is CNC(=O)C1CCCCN1C(=O)c1cc(C)ccc1O. The molecule has 0 spiro atoms. The number of piperidine rings is 1. The van der Waals surface area contributed by atoms with Gasteiger partial charge >= 0.3 is 0 Å². The van der Waals surface area contributed by atoms with Gasteiger partial charge < -0.3 is 15.3 Å². The van der Waals surface area contributed by atoms with Crippen molar-refractivity contribution in [3.8, 4) is 5.75 Å². The highest BCUT2D eigenvalue weighted by atomic mass is 16.3. The first-order chi connectivity index (χ1) is 9.54. The zero-order valence-electron chi connectivity index (χ0n) is 11.8. The number of rotatable bonds is 2. The molecule has 0 bridgehead atoms. The summed E-state index contributed by atoms with van der Waals surface area (Å²) < 4.78 is 0. The van der Waals surface area contributed by atoms with Crippen molar-refractivity contribution in [1.82, 2.24) is 10.2 Å². The Morgan fingerprint density at radius 2 is 2.10 bits per heavy atom. The summed E-state index contributed by atoms with van der Waals surface area (Å²) in [6.07, 6.45) is 2.48. The van der Waals surface area contributed by atoms with E-state index < -0.39 is 6.04 Å². The van der Waals surface area contributed by atoms with Gasteiger partial charge in [-0.2, -0.15) is 0 Å². The molecule has 1 aromatic rings. The number of amides is 2. The van der Waals surface area contributed by atoms with E-state index in [1.165, 1.54) is 6.07 Å². The number of likely N-dealkylation sites (N-methyl/N-ethyl adjacent to an activating group) is 1. The van der Waals surface area contributed by atoms with Gasteiger partial charge in [0.2, 0.25) is 5.91 Å². The largest absolute Gasteiger partial charge is 0.507 e. The molecule has 2 amide bonds. The van der Waals surface area contributed by atoms with Gasteiger partial charge in [0.1, 0.15) is 11.8 Å². The number of carbonyl (C=O) groups is 2. The van der Waals surface area contributed by atoms with Crippen molar-refractivity contribution < 1.29 is 14.7 Å². The Balaban J connectivity index is 2.30. The van der Waals surface area contributed by atoms with Crippen LogP contribution < -0.4 is 5.32 Å². The molecule has 5 heteroatoms. The van der Waals surface area contributed by atoms with Gasteiger partial charge in [-0.3, -0.25) is 9.59 Å². The van der Waals surface area contributed by atoms with Crippen LogP contribution in [-0.2, 0) is 4.79 Å². The van der Waals surface area contributed by atoms with Crippen molar-refractivity contribution in [3.05, 3.63) is 29.3 Å². The van der Waals surface area contributed by atoms with E-state index in [0.717, 1.165) is 18.4 Å². The second-order valence-electron chi connectivity index (χ2n) is 5.14. The molecule has 5 nitrogen and oxygen atoms in total. The number of phenols is 1. The molecule has 0 aromatic heterocycles. The highest BCUT2D eigenvalue weighted by molar-refractivity contribution is 5.99. The van der Waals surface area contributed by atoms with E-state index >= 15 is 0 Å². The Bertz CT molecular complexity index is 528. The van der Waals surface area contributed by atoms with Crippen LogP contribution in [0, 0.1) is 6.92 Å². The normalized spacial score (nSPS) is 18.7. The fraction of sp³-hybridized carbons (Fsp3) is 0.467. The molecule has 108 valence electrons. The zero-order chi connectivity index (χ0) is 14.7. The molecule has 0 radical (unpaired) electrons. The lowest BCUT2D eigenvalue weighted by molar-refractivity contribution is -0.126. The molecule has 1 aliphatic heterocycles. The molecule has 0 aliphatic carbocycles. The van der Waals surface area contributed by atoms with Crippen LogP contribution in [0.25, 0.3) is 0 Å². The van der Waals surface area contributed by atoms with Crippen LogP contribution in [0.3, 0.4) is 0 Å². The first-order valence-corrected chi connectivity index (χ1v) is 6.86. The Kier molecular flexibility index (Phi) is 4.27. The monoisotopic (exact) mass is 276 g/mol. The lowest BCUT2D eigenvalue weighted by Crippen LogP contribution is -2.51. The van der Waals surface area contributed by atoms with E-state index in [1.807, 2.05) is 6.92 Å². The van der Waals surface area contributed by atoms with Crippen molar-refractivity contribution >= 4 is 11.8 Å². The number of nitrogens with one attached hydrogen (secondary N) is 1. The molecule has 1 atom stereocenters. The van der Waals surface area contributed by atoms with E-state index in [2.05, 4.69) is 5.32 Å². The number of phenolic OH excluding ortho intramolecular Hbond substituents is 1. The second-order valence-corrected chi connectivity index (χ2v) is 5.14. The number of hydrogen-bond acceptors (Lipinski definition) is 3. The van der Waals surface area contributed by atoms with Gasteiger partial charge in [-0.1, -0.05) is 11.6 Å². The number of likely N-dealkylation sites (tertiary alicyclic amines) is 1. The number of hydrogen-bond donors (Lipinski definition) is 2. The standard InChI is InChI=1S/C15H20N2O3/c1-10-6-7-13(18)11(9-10)15(20)17-8-4-3-5-12(17)14(19)16-2/h6-7,9,12,18H,3-5,8H2,1-2H3,(H,16,19). The number of aryl methyl sites for hydroxylation is 1. The maximum atomic E-state index is 12.6. The first kappa shape index (κ1) is 14.4. The minimum Gasteiger partial charge on any atom is -0.507 e. The van der Waals surface area contributed by atoms with Crippen molar-refractivity contribution in [3.63, 3.8) is 0 Å². The predicted octanol–water partition coefficient (Wildman–Crippen LogP) is 1.44. The number of nitrogens with zero attached hydrogens (tertiary/aromatic N) is 1. The van der Waals surface area contributed by atoms with Gasteiger partial charge in [-0.15, -0.1) is 0 Å². The Morgan fingerprint density at radius 3 is 2.80 bits per heavy atom. The van der Waals surface area contributed by atoms with Crippen molar-refractivity contribution in [2.45, 2.75) is 32.2 Å². The average Bonchev–Trinajstić information content (AvgIpc) is 2.48. The smallest absolute Gasteiger partial charge is 0.258 e. The summed E-state index contributed by atoms with van der Waals surface area (Å²) in [6.45, 7) is 2.41.